The van der Waals surface area contributed by atoms with Gasteiger partial charge >= 0.3 is 0 Å². The Morgan fingerprint density at radius 3 is 2.45 bits per heavy atom. The Morgan fingerprint density at radius 1 is 1.06 bits per heavy atom. The molecule has 0 bridgehead atoms. The van der Waals surface area contributed by atoms with Crippen molar-refractivity contribution < 1.29 is 17.9 Å². The number of halogens is 1. The van der Waals surface area contributed by atoms with Crippen molar-refractivity contribution in [2.45, 2.75) is 24.3 Å². The minimum absolute atomic E-state index is 0.0539. The van der Waals surface area contributed by atoms with Crippen LogP contribution in [0.4, 0.5) is 5.69 Å². The Kier molecular flexibility index (Phi) is 7.13. The molecule has 1 fully saturated rings. The molecule has 10 heteroatoms. The number of benzene rings is 2. The normalized spacial score (nSPS) is 16.9. The van der Waals surface area contributed by atoms with Crippen LogP contribution < -0.4 is 14.8 Å². The first-order valence-corrected chi connectivity index (χ1v) is 12.9. The topological polar surface area (TPSA) is 96.2 Å². The summed E-state index contributed by atoms with van der Waals surface area (Å²) in [5.74, 6) is 0.733. The molecule has 0 aliphatic carbocycles. The van der Waals surface area contributed by atoms with Crippen molar-refractivity contribution in [3.05, 3.63) is 52.5 Å². The van der Waals surface area contributed by atoms with Crippen LogP contribution in [0.2, 0.25) is 5.02 Å². The Hall–Kier alpha value is -2.33. The number of hydrogen-bond acceptors (Lipinski definition) is 6. The van der Waals surface area contributed by atoms with Crippen molar-refractivity contribution in [2.75, 3.05) is 51.3 Å². The van der Waals surface area contributed by atoms with Crippen LogP contribution >= 0.6 is 11.6 Å². The highest BCUT2D eigenvalue weighted by atomic mass is 35.5. The van der Waals surface area contributed by atoms with E-state index >= 15 is 0 Å². The molecular weight excluding hydrogens is 464 g/mol. The number of carbonyl (C=O) groups is 1. The Balaban J connectivity index is 1.24. The molecule has 0 atom stereocenters. The number of para-hydroxylation sites is 2. The molecule has 0 unspecified atom stereocenters. The smallest absolute Gasteiger partial charge is 0.254 e. The third-order valence-corrected chi connectivity index (χ3v) is 7.67. The van der Waals surface area contributed by atoms with Gasteiger partial charge < -0.3 is 14.5 Å². The first-order chi connectivity index (χ1) is 15.8. The third kappa shape index (κ3) is 5.27. The van der Waals surface area contributed by atoms with E-state index in [1.54, 1.807) is 12.0 Å². The van der Waals surface area contributed by atoms with Gasteiger partial charge in [-0.1, -0.05) is 23.7 Å². The van der Waals surface area contributed by atoms with Gasteiger partial charge in [0.15, 0.2) is 0 Å². The number of fused-ring (bicyclic) bond motifs is 1. The monoisotopic (exact) mass is 492 g/mol. The summed E-state index contributed by atoms with van der Waals surface area (Å²) in [4.78, 5) is 19.1. The standard InChI is InChI=1S/C23H29ClN4O4S/c1-32-21-7-3-2-6-20(21)27-12-10-26(11-13-27)8-4-5-9-28-16-17-14-19(24)22(33(25,30)31)15-18(17)23(28)29/h2-3,6-7,14-15H,4-5,8-13,16H2,1H3,(H2,25,30,31). The van der Waals surface area contributed by atoms with E-state index in [1.165, 1.54) is 12.1 Å². The number of nitrogens with zero attached hydrogens (tertiary/aromatic N) is 3. The molecule has 0 saturated carbocycles. The molecular formula is C23H29ClN4O4S. The van der Waals surface area contributed by atoms with E-state index in [9.17, 15) is 13.2 Å². The zero-order chi connectivity index (χ0) is 23.6. The molecule has 2 aromatic carbocycles. The van der Waals surface area contributed by atoms with Crippen molar-refractivity contribution in [1.29, 1.82) is 0 Å². The fourth-order valence-electron chi connectivity index (χ4n) is 4.51. The molecule has 8 nitrogen and oxygen atoms in total. The van der Waals surface area contributed by atoms with Gasteiger partial charge in [-0.3, -0.25) is 9.69 Å². The molecule has 0 aromatic heterocycles. The van der Waals surface area contributed by atoms with Crippen molar-refractivity contribution in [3.63, 3.8) is 0 Å². The molecule has 1 saturated heterocycles. The van der Waals surface area contributed by atoms with Crippen LogP contribution in [0, 0.1) is 0 Å². The maximum Gasteiger partial charge on any atom is 0.254 e. The second-order valence-electron chi connectivity index (χ2n) is 8.42. The summed E-state index contributed by atoms with van der Waals surface area (Å²) in [6, 6.07) is 10.9. The second kappa shape index (κ2) is 9.89. The third-order valence-electron chi connectivity index (χ3n) is 6.29. The second-order valence-corrected chi connectivity index (χ2v) is 10.4. The molecule has 2 aliphatic rings. The van der Waals surface area contributed by atoms with E-state index in [0.29, 0.717) is 18.7 Å². The number of anilines is 1. The van der Waals surface area contributed by atoms with Crippen molar-refractivity contribution in [2.24, 2.45) is 5.14 Å². The summed E-state index contributed by atoms with van der Waals surface area (Å²) in [5.41, 5.74) is 2.25. The van der Waals surface area contributed by atoms with Gasteiger partial charge in [0.1, 0.15) is 10.6 Å². The maximum absolute atomic E-state index is 12.7. The van der Waals surface area contributed by atoms with E-state index in [1.807, 2.05) is 18.2 Å². The Labute approximate surface area is 199 Å². The van der Waals surface area contributed by atoms with Gasteiger partial charge in [-0.15, -0.1) is 0 Å². The fourth-order valence-corrected chi connectivity index (χ4v) is 5.63. The molecule has 4 rings (SSSR count). The number of ether oxygens (including phenoxy) is 1. The molecule has 2 N–H and O–H groups in total. The number of amides is 1. The Bertz CT molecular complexity index is 1130. The average Bonchev–Trinajstić information content (AvgIpc) is 3.10. The van der Waals surface area contributed by atoms with Crippen LogP contribution in [0.5, 0.6) is 5.75 Å². The van der Waals surface area contributed by atoms with Gasteiger partial charge in [0.25, 0.3) is 5.91 Å². The molecule has 0 radical (unpaired) electrons. The number of nitrogens with two attached hydrogens (primary N) is 1. The van der Waals surface area contributed by atoms with E-state index in [0.717, 1.165) is 62.6 Å². The summed E-state index contributed by atoms with van der Waals surface area (Å²) in [7, 11) is -2.27. The lowest BCUT2D eigenvalue weighted by Gasteiger charge is -2.36. The number of sulfonamides is 1. The molecule has 2 aromatic rings. The van der Waals surface area contributed by atoms with Gasteiger partial charge in [-0.25, -0.2) is 13.6 Å². The van der Waals surface area contributed by atoms with Gasteiger partial charge in [0.2, 0.25) is 10.0 Å². The van der Waals surface area contributed by atoms with Crippen LogP contribution in [0.3, 0.4) is 0 Å². The zero-order valence-corrected chi connectivity index (χ0v) is 20.2. The van der Waals surface area contributed by atoms with Crippen LogP contribution in [0.25, 0.3) is 0 Å². The highest BCUT2D eigenvalue weighted by Gasteiger charge is 2.30. The molecule has 2 heterocycles. The summed E-state index contributed by atoms with van der Waals surface area (Å²) in [5, 5.41) is 5.26. The van der Waals surface area contributed by atoms with E-state index in [-0.39, 0.29) is 15.8 Å². The van der Waals surface area contributed by atoms with Crippen molar-refractivity contribution in [3.8, 4) is 5.75 Å². The summed E-state index contributed by atoms with van der Waals surface area (Å²) in [6.07, 6.45) is 1.86. The lowest BCUT2D eigenvalue weighted by molar-refractivity contribution is 0.0774. The number of hydrogen-bond donors (Lipinski definition) is 1. The van der Waals surface area contributed by atoms with Crippen LogP contribution in [0.1, 0.15) is 28.8 Å². The number of piperazine rings is 1. The minimum atomic E-state index is -3.97. The molecule has 178 valence electrons. The highest BCUT2D eigenvalue weighted by Crippen LogP contribution is 2.31. The number of rotatable bonds is 8. The van der Waals surface area contributed by atoms with Gasteiger partial charge in [-0.2, -0.15) is 0 Å². The predicted octanol–water partition coefficient (Wildman–Crippen LogP) is 2.55. The van der Waals surface area contributed by atoms with Crippen LogP contribution in [-0.4, -0.2) is 70.5 Å². The average molecular weight is 493 g/mol. The van der Waals surface area contributed by atoms with E-state index < -0.39 is 10.0 Å². The minimum Gasteiger partial charge on any atom is -0.495 e. The zero-order valence-electron chi connectivity index (χ0n) is 18.7. The maximum atomic E-state index is 12.7. The molecule has 1 amide bonds. The summed E-state index contributed by atoms with van der Waals surface area (Å²) < 4.78 is 28.9. The summed E-state index contributed by atoms with van der Waals surface area (Å²) >= 11 is 6.06. The Morgan fingerprint density at radius 2 is 1.76 bits per heavy atom. The van der Waals surface area contributed by atoms with Gasteiger partial charge in [0, 0.05) is 44.8 Å². The number of methoxy groups -OCH3 is 1. The van der Waals surface area contributed by atoms with Crippen molar-refractivity contribution >= 4 is 33.2 Å². The van der Waals surface area contributed by atoms with Gasteiger partial charge in [-0.05, 0) is 49.2 Å². The fraction of sp³-hybridized carbons (Fsp3) is 0.435. The van der Waals surface area contributed by atoms with Gasteiger partial charge in [0.05, 0.1) is 17.8 Å². The van der Waals surface area contributed by atoms with Crippen LogP contribution in [0.15, 0.2) is 41.3 Å². The number of unbranched alkanes of at least 4 members (excludes halogenated alkanes) is 1. The first kappa shape index (κ1) is 23.8. The lowest BCUT2D eigenvalue weighted by atomic mass is 10.1. The lowest BCUT2D eigenvalue weighted by Crippen LogP contribution is -2.46. The SMILES string of the molecule is COc1ccccc1N1CCN(CCCCN2Cc3cc(Cl)c(S(N)(=O)=O)cc3C2=O)CC1. The van der Waals surface area contributed by atoms with E-state index in [4.69, 9.17) is 21.5 Å². The van der Waals surface area contributed by atoms with E-state index in [2.05, 4.69) is 15.9 Å². The predicted molar refractivity (Wildman–Crippen MR) is 128 cm³/mol. The van der Waals surface area contributed by atoms with Crippen molar-refractivity contribution in [1.82, 2.24) is 9.80 Å². The summed E-state index contributed by atoms with van der Waals surface area (Å²) in [6.45, 7) is 5.92. The quantitative estimate of drug-likeness (QED) is 0.569. The van der Waals surface area contributed by atoms with Crippen LogP contribution in [-0.2, 0) is 16.6 Å². The molecule has 0 spiro atoms. The number of carbonyl (C=O) groups excluding carboxylic acids is 1. The largest absolute Gasteiger partial charge is 0.495 e. The highest BCUT2D eigenvalue weighted by molar-refractivity contribution is 7.89. The number of primary sulfonamides is 1. The molecule has 33 heavy (non-hydrogen) atoms. The molecule has 2 aliphatic heterocycles. The first-order valence-electron chi connectivity index (χ1n) is 11.0.